The summed E-state index contributed by atoms with van der Waals surface area (Å²) in [4.78, 5) is 17.9. The van der Waals surface area contributed by atoms with Crippen molar-refractivity contribution >= 4 is 39.9 Å². The quantitative estimate of drug-likeness (QED) is 0.206. The first-order valence-electron chi connectivity index (χ1n) is 13.8. The highest BCUT2D eigenvalue weighted by Crippen LogP contribution is 2.51. The molecule has 0 N–H and O–H groups in total. The van der Waals surface area contributed by atoms with Crippen LogP contribution in [0.4, 0.5) is 34.1 Å². The number of carbonyl (C=O) groups excluding carboxylic acids is 1. The molecule has 0 amide bonds. The molecule has 0 aliphatic carbocycles. The minimum atomic E-state index is -0.0290. The second-order valence-electron chi connectivity index (χ2n) is 10.2. The van der Waals surface area contributed by atoms with Crippen LogP contribution in [0, 0.1) is 0 Å². The van der Waals surface area contributed by atoms with E-state index in [9.17, 15) is 4.79 Å². The largest absolute Gasteiger partial charge is 0.453 e. The maximum atomic E-state index is 13.5. The number of carbonyl (C=O) groups is 1. The molecule has 42 heavy (non-hydrogen) atoms. The highest BCUT2D eigenvalue weighted by molar-refractivity contribution is 6.09. The second kappa shape index (κ2) is 9.68. The van der Waals surface area contributed by atoms with Crippen LogP contribution < -0.4 is 19.3 Å². The van der Waals surface area contributed by atoms with Gasteiger partial charge in [0.15, 0.2) is 28.8 Å². The average molecular weight is 545 g/mol. The zero-order chi connectivity index (χ0) is 28.0. The number of hydrogen-bond acceptors (Lipinski definition) is 5. The van der Waals surface area contributed by atoms with Gasteiger partial charge in [-0.3, -0.25) is 4.79 Å². The van der Waals surface area contributed by atoms with Crippen LogP contribution in [-0.2, 0) is 0 Å². The number of hydrogen-bond donors (Lipinski definition) is 0. The molecule has 0 saturated carbocycles. The van der Waals surface area contributed by atoms with E-state index in [2.05, 4.69) is 9.80 Å². The van der Waals surface area contributed by atoms with Gasteiger partial charge < -0.3 is 19.3 Å². The lowest BCUT2D eigenvalue weighted by molar-refractivity contribution is 0.103. The van der Waals surface area contributed by atoms with E-state index in [1.165, 1.54) is 0 Å². The number of rotatable bonds is 4. The van der Waals surface area contributed by atoms with Crippen molar-refractivity contribution in [2.45, 2.75) is 0 Å². The van der Waals surface area contributed by atoms with Crippen LogP contribution in [0.1, 0.15) is 15.9 Å². The average Bonchev–Trinajstić information content (AvgIpc) is 3.06. The Morgan fingerprint density at radius 1 is 0.381 bits per heavy atom. The van der Waals surface area contributed by atoms with Gasteiger partial charge in [-0.25, -0.2) is 0 Å². The summed E-state index contributed by atoms with van der Waals surface area (Å²) < 4.78 is 12.3. The number of nitrogens with zero attached hydrogens (tertiary/aromatic N) is 2. The molecule has 6 aromatic carbocycles. The van der Waals surface area contributed by atoms with Crippen LogP contribution in [0.25, 0.3) is 0 Å². The topological polar surface area (TPSA) is 42.0 Å². The van der Waals surface area contributed by atoms with Crippen LogP contribution in [0.2, 0.25) is 0 Å². The highest BCUT2D eigenvalue weighted by atomic mass is 16.5. The fourth-order valence-electron chi connectivity index (χ4n) is 5.66. The zero-order valence-corrected chi connectivity index (χ0v) is 22.5. The summed E-state index contributed by atoms with van der Waals surface area (Å²) in [6, 6.07) is 47.4. The van der Waals surface area contributed by atoms with Crippen LogP contribution in [0.3, 0.4) is 0 Å². The van der Waals surface area contributed by atoms with Gasteiger partial charge in [0.25, 0.3) is 0 Å². The standard InChI is InChI=1S/C37H24N2O3/c40-37(25-17-21-27(22-18-25)38-29-9-1-5-13-33(29)41-34-14-6-2-10-30(34)38)26-19-23-28(24-20-26)39-31-11-3-7-15-35(31)42-36-16-8-4-12-32(36)39/h1-24H. The van der Waals surface area contributed by atoms with Crippen LogP contribution in [0.15, 0.2) is 146 Å². The van der Waals surface area contributed by atoms with Crippen molar-refractivity contribution in [2.24, 2.45) is 0 Å². The van der Waals surface area contributed by atoms with Gasteiger partial charge in [-0.05, 0) is 97.1 Å². The molecule has 0 saturated heterocycles. The van der Waals surface area contributed by atoms with Gasteiger partial charge in [0.1, 0.15) is 0 Å². The lowest BCUT2D eigenvalue weighted by atomic mass is 10.0. The maximum absolute atomic E-state index is 13.5. The first-order chi connectivity index (χ1) is 20.7. The van der Waals surface area contributed by atoms with E-state index >= 15 is 0 Å². The molecule has 6 aromatic rings. The van der Waals surface area contributed by atoms with Gasteiger partial charge in [0.2, 0.25) is 0 Å². The third kappa shape index (κ3) is 3.91. The molecular weight excluding hydrogens is 520 g/mol. The van der Waals surface area contributed by atoms with E-state index in [1.54, 1.807) is 0 Å². The molecular formula is C37H24N2O3. The molecule has 0 bridgehead atoms. The van der Waals surface area contributed by atoms with Gasteiger partial charge in [0, 0.05) is 22.5 Å². The van der Waals surface area contributed by atoms with Gasteiger partial charge in [-0.2, -0.15) is 0 Å². The number of ketones is 1. The van der Waals surface area contributed by atoms with Crippen molar-refractivity contribution in [2.75, 3.05) is 9.80 Å². The van der Waals surface area contributed by atoms with Crippen molar-refractivity contribution in [3.8, 4) is 23.0 Å². The predicted octanol–water partition coefficient (Wildman–Crippen LogP) is 10.1. The second-order valence-corrected chi connectivity index (χ2v) is 10.2. The Hall–Kier alpha value is -5.81. The van der Waals surface area contributed by atoms with E-state index in [4.69, 9.17) is 9.47 Å². The summed E-state index contributed by atoms with van der Waals surface area (Å²) in [5.74, 6) is 3.14. The first-order valence-corrected chi connectivity index (χ1v) is 13.8. The summed E-state index contributed by atoms with van der Waals surface area (Å²) in [6.45, 7) is 0. The number of ether oxygens (including phenoxy) is 2. The summed E-state index contributed by atoms with van der Waals surface area (Å²) in [6.07, 6.45) is 0. The number of benzene rings is 6. The Bertz CT molecular complexity index is 1730. The van der Waals surface area contributed by atoms with Gasteiger partial charge in [-0.1, -0.05) is 48.5 Å². The fraction of sp³-hybridized carbons (Fsp3) is 0. The van der Waals surface area contributed by atoms with Crippen molar-refractivity contribution in [1.82, 2.24) is 0 Å². The normalized spacial score (nSPS) is 12.7. The Balaban J connectivity index is 1.10. The number of fused-ring (bicyclic) bond motifs is 4. The third-order valence-electron chi connectivity index (χ3n) is 7.64. The molecule has 0 atom stereocenters. The molecule has 200 valence electrons. The predicted molar refractivity (Wildman–Crippen MR) is 166 cm³/mol. The van der Waals surface area contributed by atoms with Gasteiger partial charge >= 0.3 is 0 Å². The lowest BCUT2D eigenvalue weighted by Gasteiger charge is -2.32. The minimum absolute atomic E-state index is 0.0290. The van der Waals surface area contributed by atoms with Gasteiger partial charge in [-0.15, -0.1) is 0 Å². The van der Waals surface area contributed by atoms with Crippen LogP contribution in [-0.4, -0.2) is 5.78 Å². The molecule has 2 aliphatic rings. The fourth-order valence-corrected chi connectivity index (χ4v) is 5.66. The number of para-hydroxylation sites is 8. The summed E-state index contributed by atoms with van der Waals surface area (Å²) in [5, 5.41) is 0. The molecule has 0 spiro atoms. The SMILES string of the molecule is O=C(c1ccc(N2c3ccccc3Oc3ccccc32)cc1)c1ccc(N2c3ccccc3Oc3ccccc32)cc1. The van der Waals surface area contributed by atoms with Crippen molar-refractivity contribution < 1.29 is 14.3 Å². The lowest BCUT2D eigenvalue weighted by Crippen LogP contribution is -2.16. The summed E-state index contributed by atoms with van der Waals surface area (Å²) in [5.41, 5.74) is 6.99. The Labute approximate surface area is 243 Å². The molecule has 8 rings (SSSR count). The van der Waals surface area contributed by atoms with Crippen LogP contribution >= 0.6 is 0 Å². The summed E-state index contributed by atoms with van der Waals surface area (Å²) >= 11 is 0. The molecule has 5 nitrogen and oxygen atoms in total. The molecule has 5 heteroatoms. The van der Waals surface area contributed by atoms with E-state index in [0.29, 0.717) is 11.1 Å². The zero-order valence-electron chi connectivity index (χ0n) is 22.5. The summed E-state index contributed by atoms with van der Waals surface area (Å²) in [7, 11) is 0. The molecule has 0 aromatic heterocycles. The van der Waals surface area contributed by atoms with E-state index in [-0.39, 0.29) is 5.78 Å². The molecule has 0 fully saturated rings. The highest BCUT2D eigenvalue weighted by Gasteiger charge is 2.27. The molecule has 0 radical (unpaired) electrons. The molecule has 2 aliphatic heterocycles. The van der Waals surface area contributed by atoms with E-state index in [0.717, 1.165) is 57.1 Å². The minimum Gasteiger partial charge on any atom is -0.453 e. The maximum Gasteiger partial charge on any atom is 0.193 e. The van der Waals surface area contributed by atoms with E-state index in [1.807, 2.05) is 146 Å². The molecule has 0 unspecified atom stereocenters. The third-order valence-corrected chi connectivity index (χ3v) is 7.64. The smallest absolute Gasteiger partial charge is 0.193 e. The van der Waals surface area contributed by atoms with Crippen molar-refractivity contribution in [1.29, 1.82) is 0 Å². The van der Waals surface area contributed by atoms with E-state index < -0.39 is 0 Å². The van der Waals surface area contributed by atoms with Crippen molar-refractivity contribution in [3.05, 3.63) is 157 Å². The Kier molecular flexibility index (Phi) is 5.54. The monoisotopic (exact) mass is 544 g/mol. The van der Waals surface area contributed by atoms with Crippen LogP contribution in [0.5, 0.6) is 23.0 Å². The molecule has 2 heterocycles. The Morgan fingerprint density at radius 3 is 0.976 bits per heavy atom. The van der Waals surface area contributed by atoms with Gasteiger partial charge in [0.05, 0.1) is 22.7 Å². The Morgan fingerprint density at radius 2 is 0.667 bits per heavy atom. The number of anilines is 6. The van der Waals surface area contributed by atoms with Crippen molar-refractivity contribution in [3.63, 3.8) is 0 Å². The first kappa shape index (κ1) is 24.0.